The lowest BCUT2D eigenvalue weighted by Gasteiger charge is -2.13. The third kappa shape index (κ3) is 3.39. The van der Waals surface area contributed by atoms with Crippen molar-refractivity contribution >= 4 is 38.6 Å². The minimum absolute atomic E-state index is 0.254. The maximum atomic E-state index is 12.8. The van der Waals surface area contributed by atoms with E-state index >= 15 is 0 Å². The SMILES string of the molecule is COc1ccc(Br)cc1C(=O)Nc1cccc(-c2nc3ccccc3o2)c1C. The number of amides is 1. The Bertz CT molecular complexity index is 1150. The first-order valence-electron chi connectivity index (χ1n) is 8.67. The monoisotopic (exact) mass is 436 g/mol. The molecule has 0 radical (unpaired) electrons. The van der Waals surface area contributed by atoms with E-state index < -0.39 is 0 Å². The highest BCUT2D eigenvalue weighted by atomic mass is 79.9. The molecular formula is C22H17BrN2O3. The summed E-state index contributed by atoms with van der Waals surface area (Å²) in [5, 5.41) is 2.96. The number of ether oxygens (including phenoxy) is 1. The molecule has 0 saturated carbocycles. The van der Waals surface area contributed by atoms with Gasteiger partial charge in [0.15, 0.2) is 5.58 Å². The predicted octanol–water partition coefficient (Wildman–Crippen LogP) is 5.83. The first-order chi connectivity index (χ1) is 13.6. The third-order valence-electron chi connectivity index (χ3n) is 4.51. The molecule has 140 valence electrons. The Morgan fingerprint density at radius 1 is 1.11 bits per heavy atom. The maximum absolute atomic E-state index is 12.8. The zero-order valence-electron chi connectivity index (χ0n) is 15.3. The summed E-state index contributed by atoms with van der Waals surface area (Å²) >= 11 is 3.40. The van der Waals surface area contributed by atoms with Crippen LogP contribution in [0.3, 0.4) is 0 Å². The number of benzene rings is 3. The topological polar surface area (TPSA) is 64.4 Å². The van der Waals surface area contributed by atoms with Gasteiger partial charge in [-0.3, -0.25) is 4.79 Å². The number of para-hydroxylation sites is 2. The number of hydrogen-bond donors (Lipinski definition) is 1. The van der Waals surface area contributed by atoms with Gasteiger partial charge in [0.05, 0.1) is 12.7 Å². The van der Waals surface area contributed by atoms with Crippen LogP contribution in [0, 0.1) is 6.92 Å². The van der Waals surface area contributed by atoms with Gasteiger partial charge in [0, 0.05) is 15.7 Å². The quantitative estimate of drug-likeness (QED) is 0.437. The Kier molecular flexibility index (Phi) is 4.88. The molecule has 1 amide bonds. The highest BCUT2D eigenvalue weighted by molar-refractivity contribution is 9.10. The summed E-state index contributed by atoms with van der Waals surface area (Å²) in [4.78, 5) is 17.4. The molecule has 0 bridgehead atoms. The van der Waals surface area contributed by atoms with E-state index in [4.69, 9.17) is 9.15 Å². The Balaban J connectivity index is 1.69. The second kappa shape index (κ2) is 7.48. The summed E-state index contributed by atoms with van der Waals surface area (Å²) in [6.45, 7) is 1.93. The number of hydrogen-bond acceptors (Lipinski definition) is 4. The zero-order valence-corrected chi connectivity index (χ0v) is 16.9. The van der Waals surface area contributed by atoms with E-state index in [2.05, 4.69) is 26.2 Å². The molecule has 0 spiro atoms. The highest BCUT2D eigenvalue weighted by Gasteiger charge is 2.17. The summed E-state index contributed by atoms with van der Waals surface area (Å²) in [6, 6.07) is 18.6. The molecule has 0 aliphatic rings. The fraction of sp³-hybridized carbons (Fsp3) is 0.0909. The summed E-state index contributed by atoms with van der Waals surface area (Å²) in [5.74, 6) is 0.777. The average Bonchev–Trinajstić information content (AvgIpc) is 3.13. The molecule has 1 aromatic heterocycles. The number of fused-ring (bicyclic) bond motifs is 1. The van der Waals surface area contributed by atoms with Crippen LogP contribution in [0.2, 0.25) is 0 Å². The van der Waals surface area contributed by atoms with Crippen molar-refractivity contribution in [3.8, 4) is 17.2 Å². The molecule has 0 atom stereocenters. The van der Waals surface area contributed by atoms with Crippen molar-refractivity contribution in [2.24, 2.45) is 0 Å². The third-order valence-corrected chi connectivity index (χ3v) is 5.01. The van der Waals surface area contributed by atoms with E-state index in [1.165, 1.54) is 0 Å². The number of nitrogens with one attached hydrogen (secondary N) is 1. The Labute approximate surface area is 170 Å². The minimum atomic E-state index is -0.254. The van der Waals surface area contributed by atoms with Crippen molar-refractivity contribution in [2.75, 3.05) is 12.4 Å². The Hall–Kier alpha value is -3.12. The van der Waals surface area contributed by atoms with Gasteiger partial charge in [0.1, 0.15) is 11.3 Å². The van der Waals surface area contributed by atoms with Crippen LogP contribution in [0.1, 0.15) is 15.9 Å². The van der Waals surface area contributed by atoms with Crippen LogP contribution in [0.25, 0.3) is 22.6 Å². The number of halogens is 1. The van der Waals surface area contributed by atoms with E-state index in [9.17, 15) is 4.79 Å². The van der Waals surface area contributed by atoms with Crippen LogP contribution in [0.5, 0.6) is 5.75 Å². The van der Waals surface area contributed by atoms with Gasteiger partial charge in [-0.2, -0.15) is 0 Å². The molecular weight excluding hydrogens is 420 g/mol. The molecule has 28 heavy (non-hydrogen) atoms. The van der Waals surface area contributed by atoms with E-state index in [1.54, 1.807) is 19.2 Å². The fourth-order valence-corrected chi connectivity index (χ4v) is 3.40. The van der Waals surface area contributed by atoms with Gasteiger partial charge in [-0.1, -0.05) is 34.1 Å². The van der Waals surface area contributed by atoms with E-state index in [-0.39, 0.29) is 5.91 Å². The molecule has 3 aromatic carbocycles. The largest absolute Gasteiger partial charge is 0.496 e. The fourth-order valence-electron chi connectivity index (χ4n) is 3.04. The van der Waals surface area contributed by atoms with Gasteiger partial charge in [-0.05, 0) is 55.0 Å². The molecule has 0 fully saturated rings. The van der Waals surface area contributed by atoms with Gasteiger partial charge in [-0.25, -0.2) is 4.98 Å². The van der Waals surface area contributed by atoms with Gasteiger partial charge in [0.25, 0.3) is 5.91 Å². The zero-order chi connectivity index (χ0) is 19.7. The lowest BCUT2D eigenvalue weighted by Crippen LogP contribution is -2.14. The number of aromatic nitrogens is 1. The molecule has 4 rings (SSSR count). The normalized spacial score (nSPS) is 10.8. The van der Waals surface area contributed by atoms with Crippen molar-refractivity contribution in [3.63, 3.8) is 0 Å². The molecule has 0 aliphatic carbocycles. The van der Waals surface area contributed by atoms with Crippen LogP contribution >= 0.6 is 15.9 Å². The Morgan fingerprint density at radius 3 is 2.71 bits per heavy atom. The predicted molar refractivity (Wildman–Crippen MR) is 113 cm³/mol. The number of oxazole rings is 1. The van der Waals surface area contributed by atoms with Crippen LogP contribution in [0.15, 0.2) is 69.6 Å². The lowest BCUT2D eigenvalue weighted by atomic mass is 10.1. The second-order valence-corrected chi connectivity index (χ2v) is 7.18. The van der Waals surface area contributed by atoms with Gasteiger partial charge >= 0.3 is 0 Å². The molecule has 0 saturated heterocycles. The van der Waals surface area contributed by atoms with Crippen molar-refractivity contribution in [1.82, 2.24) is 4.98 Å². The van der Waals surface area contributed by atoms with Crippen LogP contribution in [-0.4, -0.2) is 18.0 Å². The second-order valence-electron chi connectivity index (χ2n) is 6.26. The van der Waals surface area contributed by atoms with Crippen molar-refractivity contribution in [3.05, 3.63) is 76.3 Å². The summed E-state index contributed by atoms with van der Waals surface area (Å²) in [5.41, 5.74) is 4.36. The number of anilines is 1. The summed E-state index contributed by atoms with van der Waals surface area (Å²) in [6.07, 6.45) is 0. The standard InChI is InChI=1S/C22H17BrN2O3/c1-13-15(22-25-18-7-3-4-9-20(18)28-22)6-5-8-17(13)24-21(26)16-12-14(23)10-11-19(16)27-2/h3-12H,1-2H3,(H,24,26). The smallest absolute Gasteiger partial charge is 0.259 e. The average molecular weight is 437 g/mol. The van der Waals surface area contributed by atoms with Gasteiger partial charge in [0.2, 0.25) is 5.89 Å². The van der Waals surface area contributed by atoms with Crippen molar-refractivity contribution in [2.45, 2.75) is 6.92 Å². The number of methoxy groups -OCH3 is 1. The van der Waals surface area contributed by atoms with E-state index in [0.717, 1.165) is 26.7 Å². The number of carbonyl (C=O) groups excluding carboxylic acids is 1. The lowest BCUT2D eigenvalue weighted by molar-refractivity contribution is 0.102. The molecule has 5 nitrogen and oxygen atoms in total. The molecule has 0 unspecified atom stereocenters. The van der Waals surface area contributed by atoms with E-state index in [1.807, 2.05) is 55.5 Å². The molecule has 1 N–H and O–H groups in total. The van der Waals surface area contributed by atoms with Crippen molar-refractivity contribution in [1.29, 1.82) is 0 Å². The number of rotatable bonds is 4. The molecule has 0 aliphatic heterocycles. The van der Waals surface area contributed by atoms with Gasteiger partial charge in [-0.15, -0.1) is 0 Å². The number of nitrogens with zero attached hydrogens (tertiary/aromatic N) is 1. The summed E-state index contributed by atoms with van der Waals surface area (Å²) in [7, 11) is 1.54. The molecule has 1 heterocycles. The molecule has 6 heteroatoms. The number of carbonyl (C=O) groups is 1. The maximum Gasteiger partial charge on any atom is 0.259 e. The minimum Gasteiger partial charge on any atom is -0.496 e. The molecule has 4 aromatic rings. The van der Waals surface area contributed by atoms with Crippen LogP contribution < -0.4 is 10.1 Å². The Morgan fingerprint density at radius 2 is 1.93 bits per heavy atom. The van der Waals surface area contributed by atoms with Crippen LogP contribution in [0.4, 0.5) is 5.69 Å². The first kappa shape index (κ1) is 18.3. The highest BCUT2D eigenvalue weighted by Crippen LogP contribution is 2.31. The van der Waals surface area contributed by atoms with Crippen LogP contribution in [-0.2, 0) is 0 Å². The van der Waals surface area contributed by atoms with E-state index in [0.29, 0.717) is 22.9 Å². The van der Waals surface area contributed by atoms with Gasteiger partial charge < -0.3 is 14.5 Å². The first-order valence-corrected chi connectivity index (χ1v) is 9.46. The summed E-state index contributed by atoms with van der Waals surface area (Å²) < 4.78 is 12.0. The van der Waals surface area contributed by atoms with Crippen molar-refractivity contribution < 1.29 is 13.9 Å².